The maximum Gasteiger partial charge on any atom is 0.265 e. The minimum absolute atomic E-state index is 0.160. The van der Waals surface area contributed by atoms with Crippen molar-refractivity contribution >= 4 is 50.2 Å². The second kappa shape index (κ2) is 12.1. The lowest BCUT2D eigenvalue weighted by Gasteiger charge is -2.10. The number of aromatic nitrogens is 4. The number of nitrogens with one attached hydrogen (secondary N) is 3. The minimum Gasteiger partial charge on any atom is -0.324 e. The van der Waals surface area contributed by atoms with E-state index >= 15 is 0 Å². The Morgan fingerprint density at radius 3 is 2.58 bits per heavy atom. The number of rotatable bonds is 10. The molecule has 0 aliphatic heterocycles. The molecule has 216 valence electrons. The number of thiophene rings is 1. The Hall–Kier alpha value is -4.91. The number of sulfonamides is 1. The molecule has 4 aromatic heterocycles. The smallest absolute Gasteiger partial charge is 0.265 e. The van der Waals surface area contributed by atoms with Gasteiger partial charge in [0.1, 0.15) is 5.65 Å². The van der Waals surface area contributed by atoms with Gasteiger partial charge in [-0.05, 0) is 65.9 Å². The zero-order valence-corrected chi connectivity index (χ0v) is 24.7. The highest BCUT2D eigenvalue weighted by molar-refractivity contribution is 7.88. The van der Waals surface area contributed by atoms with Gasteiger partial charge in [-0.2, -0.15) is 0 Å². The predicted octanol–water partition coefficient (Wildman–Crippen LogP) is 5.61. The molecule has 10 nitrogen and oxygen atoms in total. The van der Waals surface area contributed by atoms with Gasteiger partial charge < -0.3 is 10.6 Å². The van der Waals surface area contributed by atoms with Crippen LogP contribution >= 0.6 is 11.3 Å². The van der Waals surface area contributed by atoms with Crippen molar-refractivity contribution in [2.24, 2.45) is 0 Å². The van der Waals surface area contributed by atoms with Crippen LogP contribution in [0, 0.1) is 0 Å². The molecule has 0 aliphatic carbocycles. The largest absolute Gasteiger partial charge is 0.324 e. The Balaban J connectivity index is 1.28. The second-order valence-electron chi connectivity index (χ2n) is 9.75. The first-order valence-electron chi connectivity index (χ1n) is 13.4. The van der Waals surface area contributed by atoms with Crippen molar-refractivity contribution in [3.63, 3.8) is 0 Å². The van der Waals surface area contributed by atoms with Crippen LogP contribution in [0.1, 0.15) is 15.2 Å². The number of anilines is 3. The lowest BCUT2D eigenvalue weighted by molar-refractivity contribution is 0.103. The third-order valence-electron chi connectivity index (χ3n) is 6.55. The molecule has 0 saturated carbocycles. The molecule has 6 aromatic rings. The summed E-state index contributed by atoms with van der Waals surface area (Å²) in [7, 11) is -3.22. The van der Waals surface area contributed by atoms with Gasteiger partial charge in [-0.3, -0.25) is 9.20 Å². The maximum atomic E-state index is 12.7. The summed E-state index contributed by atoms with van der Waals surface area (Å²) in [6, 6.07) is 26.6. The topological polar surface area (TPSA) is 130 Å². The van der Waals surface area contributed by atoms with E-state index in [0.717, 1.165) is 40.1 Å². The van der Waals surface area contributed by atoms with E-state index < -0.39 is 10.0 Å². The highest BCUT2D eigenvalue weighted by Gasteiger charge is 2.18. The molecular weight excluding hydrogens is 583 g/mol. The SMILES string of the molecule is CS(=O)(=O)NCCc1ccc(Nc2nccc(-c3c(-c4cccc(NC(=O)c5cccs5)c4)nc4ccccn34)n2)cc1. The van der Waals surface area contributed by atoms with E-state index in [1.807, 2.05) is 94.8 Å². The Bertz CT molecular complexity index is 2010. The van der Waals surface area contributed by atoms with E-state index in [9.17, 15) is 13.2 Å². The van der Waals surface area contributed by atoms with Gasteiger partial charge in [-0.15, -0.1) is 11.3 Å². The molecule has 0 aliphatic rings. The van der Waals surface area contributed by atoms with Crippen LogP contribution in [0.15, 0.2) is 103 Å². The highest BCUT2D eigenvalue weighted by Crippen LogP contribution is 2.33. The van der Waals surface area contributed by atoms with Crippen molar-refractivity contribution in [2.45, 2.75) is 6.42 Å². The number of amides is 1. The van der Waals surface area contributed by atoms with Crippen LogP contribution < -0.4 is 15.4 Å². The highest BCUT2D eigenvalue weighted by atomic mass is 32.2. The summed E-state index contributed by atoms with van der Waals surface area (Å²) in [6.45, 7) is 0.336. The molecule has 0 unspecified atom stereocenters. The quantitative estimate of drug-likeness (QED) is 0.184. The molecule has 6 rings (SSSR count). The molecule has 12 heteroatoms. The first kappa shape index (κ1) is 28.2. The van der Waals surface area contributed by atoms with Gasteiger partial charge in [0.05, 0.1) is 28.2 Å². The Morgan fingerprint density at radius 1 is 0.930 bits per heavy atom. The molecule has 0 spiro atoms. The van der Waals surface area contributed by atoms with Gasteiger partial charge >= 0.3 is 0 Å². The van der Waals surface area contributed by atoms with E-state index in [-0.39, 0.29) is 5.91 Å². The van der Waals surface area contributed by atoms with Crippen LogP contribution in [0.25, 0.3) is 28.3 Å². The monoisotopic (exact) mass is 609 g/mol. The zero-order chi connectivity index (χ0) is 29.8. The second-order valence-corrected chi connectivity index (χ2v) is 12.5. The van der Waals surface area contributed by atoms with Crippen LogP contribution in [0.2, 0.25) is 0 Å². The van der Waals surface area contributed by atoms with Gasteiger partial charge in [0, 0.05) is 35.9 Å². The number of carbonyl (C=O) groups is 1. The van der Waals surface area contributed by atoms with Crippen molar-refractivity contribution < 1.29 is 13.2 Å². The van der Waals surface area contributed by atoms with E-state index in [0.29, 0.717) is 35.2 Å². The summed E-state index contributed by atoms with van der Waals surface area (Å²) in [5.41, 5.74) is 6.23. The standard InChI is InChI=1S/C31H27N7O3S2/c1-43(40,41)33-17-14-21-10-12-23(13-11-21)35-31-32-16-15-25(36-31)29-28(37-27-9-2-3-18-38(27)29)22-6-4-7-24(20-22)34-30(39)26-8-5-19-42-26/h2-13,15-16,18-20,33H,14,17H2,1H3,(H,34,39)(H,32,35,36). The van der Waals surface area contributed by atoms with Crippen LogP contribution in [0.5, 0.6) is 0 Å². The molecule has 0 saturated heterocycles. The van der Waals surface area contributed by atoms with Crippen molar-refractivity contribution in [3.8, 4) is 22.6 Å². The minimum atomic E-state index is -3.22. The normalized spacial score (nSPS) is 11.5. The van der Waals surface area contributed by atoms with E-state index in [1.165, 1.54) is 11.3 Å². The summed E-state index contributed by atoms with van der Waals surface area (Å²) in [4.78, 5) is 27.5. The van der Waals surface area contributed by atoms with Crippen molar-refractivity contribution in [2.75, 3.05) is 23.4 Å². The molecular formula is C31H27N7O3S2. The average molecular weight is 610 g/mol. The summed E-state index contributed by atoms with van der Waals surface area (Å²) in [5.74, 6) is 0.255. The fraction of sp³-hybridized carbons (Fsp3) is 0.0968. The first-order valence-corrected chi connectivity index (χ1v) is 16.2. The van der Waals surface area contributed by atoms with Crippen LogP contribution in [0.3, 0.4) is 0 Å². The molecule has 2 aromatic carbocycles. The Morgan fingerprint density at radius 2 is 1.79 bits per heavy atom. The van der Waals surface area contributed by atoms with Crippen molar-refractivity contribution in [1.82, 2.24) is 24.1 Å². The van der Waals surface area contributed by atoms with Gasteiger partial charge in [0.25, 0.3) is 5.91 Å². The predicted molar refractivity (Wildman–Crippen MR) is 170 cm³/mol. The number of imidazole rings is 1. The Kier molecular flexibility index (Phi) is 7.97. The third-order valence-corrected chi connectivity index (χ3v) is 8.15. The molecule has 0 radical (unpaired) electrons. The Labute approximate surface area is 252 Å². The van der Waals surface area contributed by atoms with Gasteiger partial charge in [0.15, 0.2) is 0 Å². The number of hydrogen-bond acceptors (Lipinski definition) is 8. The van der Waals surface area contributed by atoms with Crippen molar-refractivity contribution in [3.05, 3.63) is 113 Å². The number of hydrogen-bond donors (Lipinski definition) is 3. The molecule has 0 fully saturated rings. The molecule has 43 heavy (non-hydrogen) atoms. The molecule has 0 bridgehead atoms. The van der Waals surface area contributed by atoms with Crippen molar-refractivity contribution in [1.29, 1.82) is 0 Å². The number of nitrogens with zero attached hydrogens (tertiary/aromatic N) is 4. The van der Waals surface area contributed by atoms with Gasteiger partial charge in [-0.1, -0.05) is 36.4 Å². The van der Waals surface area contributed by atoms with Gasteiger partial charge in [0.2, 0.25) is 16.0 Å². The molecule has 0 atom stereocenters. The number of fused-ring (bicyclic) bond motifs is 1. The summed E-state index contributed by atoms with van der Waals surface area (Å²) < 4.78 is 27.1. The number of carbonyl (C=O) groups excluding carboxylic acids is 1. The molecule has 1 amide bonds. The average Bonchev–Trinajstić information content (AvgIpc) is 3.67. The lowest BCUT2D eigenvalue weighted by Crippen LogP contribution is -2.24. The fourth-order valence-electron chi connectivity index (χ4n) is 4.60. The van der Waals surface area contributed by atoms with E-state index in [4.69, 9.17) is 9.97 Å². The maximum absolute atomic E-state index is 12.7. The molecule has 3 N–H and O–H groups in total. The zero-order valence-electron chi connectivity index (χ0n) is 23.1. The third kappa shape index (κ3) is 6.78. The van der Waals surface area contributed by atoms with Crippen LogP contribution in [-0.4, -0.2) is 46.5 Å². The summed E-state index contributed by atoms with van der Waals surface area (Å²) in [6.07, 6.45) is 5.36. The lowest BCUT2D eigenvalue weighted by atomic mass is 10.1. The van der Waals surface area contributed by atoms with Gasteiger partial charge in [-0.25, -0.2) is 28.1 Å². The first-order chi connectivity index (χ1) is 20.8. The molecule has 4 heterocycles. The summed E-state index contributed by atoms with van der Waals surface area (Å²) in [5, 5.41) is 8.10. The van der Waals surface area contributed by atoms with Crippen LogP contribution in [0.4, 0.5) is 17.3 Å². The van der Waals surface area contributed by atoms with E-state index in [1.54, 1.807) is 12.3 Å². The van der Waals surface area contributed by atoms with E-state index in [2.05, 4.69) is 20.3 Å². The number of benzene rings is 2. The summed E-state index contributed by atoms with van der Waals surface area (Å²) >= 11 is 1.39. The number of pyridine rings is 1. The van der Waals surface area contributed by atoms with Crippen LogP contribution in [-0.2, 0) is 16.4 Å². The fourth-order valence-corrected chi connectivity index (χ4v) is 5.69.